The Morgan fingerprint density at radius 3 is 2.24 bits per heavy atom. The standard InChI is InChI=1S/C16H21FO4/c1-2-4-12(15(18)19)7-8-13(16(20)21)9-11-5-3-6-14(17)10-11/h3,5-6,10,12-13H,2,4,7-9H2,1H3,(H,18,19)(H,20,21)/t12-,13+/m0/s1. The Bertz CT molecular complexity index is 487. The van der Waals surface area contributed by atoms with E-state index in [9.17, 15) is 19.1 Å². The van der Waals surface area contributed by atoms with Gasteiger partial charge in [0, 0.05) is 0 Å². The number of carbonyl (C=O) groups is 2. The molecule has 5 heteroatoms. The SMILES string of the molecule is CCC[C@@H](CC[C@H](Cc1cccc(F)c1)C(=O)O)C(=O)O. The molecule has 1 rings (SSSR count). The van der Waals surface area contributed by atoms with Gasteiger partial charge in [-0.2, -0.15) is 0 Å². The molecule has 116 valence electrons. The molecule has 0 aliphatic rings. The summed E-state index contributed by atoms with van der Waals surface area (Å²) in [5.74, 6) is -3.45. The summed E-state index contributed by atoms with van der Waals surface area (Å²) >= 11 is 0. The van der Waals surface area contributed by atoms with Crippen molar-refractivity contribution in [1.29, 1.82) is 0 Å². The second kappa shape index (κ2) is 8.39. The molecule has 0 saturated heterocycles. The smallest absolute Gasteiger partial charge is 0.306 e. The Morgan fingerprint density at radius 1 is 1.10 bits per heavy atom. The Balaban J connectivity index is 2.65. The number of rotatable bonds is 9. The minimum Gasteiger partial charge on any atom is -0.481 e. The first-order valence-corrected chi connectivity index (χ1v) is 7.14. The van der Waals surface area contributed by atoms with Crippen molar-refractivity contribution in [2.75, 3.05) is 0 Å². The summed E-state index contributed by atoms with van der Waals surface area (Å²) in [7, 11) is 0. The van der Waals surface area contributed by atoms with Crippen LogP contribution in [0.4, 0.5) is 4.39 Å². The van der Waals surface area contributed by atoms with Crippen LogP contribution in [0, 0.1) is 17.7 Å². The third kappa shape index (κ3) is 5.94. The normalized spacial score (nSPS) is 13.6. The van der Waals surface area contributed by atoms with E-state index in [1.807, 2.05) is 6.92 Å². The predicted octanol–water partition coefficient (Wildman–Crippen LogP) is 3.35. The van der Waals surface area contributed by atoms with E-state index in [-0.39, 0.29) is 12.8 Å². The Labute approximate surface area is 123 Å². The second-order valence-corrected chi connectivity index (χ2v) is 5.27. The van der Waals surface area contributed by atoms with Crippen LogP contribution in [-0.2, 0) is 16.0 Å². The molecule has 4 nitrogen and oxygen atoms in total. The van der Waals surface area contributed by atoms with E-state index in [1.165, 1.54) is 12.1 Å². The Hall–Kier alpha value is -1.91. The number of carboxylic acids is 2. The first kappa shape index (κ1) is 17.1. The Morgan fingerprint density at radius 2 is 1.71 bits per heavy atom. The molecule has 0 saturated carbocycles. The molecule has 0 aromatic heterocycles. The van der Waals surface area contributed by atoms with E-state index in [0.717, 1.165) is 6.42 Å². The van der Waals surface area contributed by atoms with Crippen LogP contribution in [0.5, 0.6) is 0 Å². The van der Waals surface area contributed by atoms with Gasteiger partial charge in [0.25, 0.3) is 0 Å². The molecule has 0 fully saturated rings. The van der Waals surface area contributed by atoms with Crippen LogP contribution < -0.4 is 0 Å². The molecule has 1 aromatic carbocycles. The van der Waals surface area contributed by atoms with Gasteiger partial charge in [-0.15, -0.1) is 0 Å². The van der Waals surface area contributed by atoms with Crippen LogP contribution in [-0.4, -0.2) is 22.2 Å². The summed E-state index contributed by atoms with van der Waals surface area (Å²) in [6, 6.07) is 5.85. The lowest BCUT2D eigenvalue weighted by molar-refractivity contribution is -0.145. The molecule has 0 heterocycles. The summed E-state index contributed by atoms with van der Waals surface area (Å²) in [6.45, 7) is 1.90. The van der Waals surface area contributed by atoms with Crippen molar-refractivity contribution in [2.45, 2.75) is 39.0 Å². The molecule has 0 aliphatic heterocycles. The maximum Gasteiger partial charge on any atom is 0.306 e. The zero-order chi connectivity index (χ0) is 15.8. The van der Waals surface area contributed by atoms with Gasteiger partial charge in [0.05, 0.1) is 11.8 Å². The number of aliphatic carboxylic acids is 2. The van der Waals surface area contributed by atoms with E-state index in [4.69, 9.17) is 5.11 Å². The van der Waals surface area contributed by atoms with Gasteiger partial charge in [-0.3, -0.25) is 9.59 Å². The van der Waals surface area contributed by atoms with Crippen molar-refractivity contribution in [3.05, 3.63) is 35.6 Å². The Kier molecular flexibility index (Phi) is 6.85. The van der Waals surface area contributed by atoms with Crippen LogP contribution >= 0.6 is 0 Å². The van der Waals surface area contributed by atoms with Crippen LogP contribution in [0.3, 0.4) is 0 Å². The molecule has 0 amide bonds. The van der Waals surface area contributed by atoms with Crippen molar-refractivity contribution < 1.29 is 24.2 Å². The lowest BCUT2D eigenvalue weighted by Gasteiger charge is -2.16. The highest BCUT2D eigenvalue weighted by Gasteiger charge is 2.23. The van der Waals surface area contributed by atoms with Crippen molar-refractivity contribution in [3.63, 3.8) is 0 Å². The van der Waals surface area contributed by atoms with Gasteiger partial charge in [-0.25, -0.2) is 4.39 Å². The molecule has 0 bridgehead atoms. The van der Waals surface area contributed by atoms with E-state index in [0.29, 0.717) is 18.4 Å². The number of benzene rings is 1. The first-order chi connectivity index (χ1) is 9.93. The summed E-state index contributed by atoms with van der Waals surface area (Å²) < 4.78 is 13.1. The average molecular weight is 296 g/mol. The molecule has 2 N–H and O–H groups in total. The van der Waals surface area contributed by atoms with Gasteiger partial charge in [0.15, 0.2) is 0 Å². The molecule has 21 heavy (non-hydrogen) atoms. The van der Waals surface area contributed by atoms with Gasteiger partial charge < -0.3 is 10.2 Å². The van der Waals surface area contributed by atoms with E-state index >= 15 is 0 Å². The van der Waals surface area contributed by atoms with Crippen LogP contribution in [0.15, 0.2) is 24.3 Å². The molecule has 1 aromatic rings. The van der Waals surface area contributed by atoms with Crippen molar-refractivity contribution in [2.24, 2.45) is 11.8 Å². The first-order valence-electron chi connectivity index (χ1n) is 7.14. The molecular formula is C16H21FO4. The van der Waals surface area contributed by atoms with E-state index < -0.39 is 29.6 Å². The lowest BCUT2D eigenvalue weighted by Crippen LogP contribution is -2.20. The summed E-state index contributed by atoms with van der Waals surface area (Å²) in [4.78, 5) is 22.4. The van der Waals surface area contributed by atoms with Crippen LogP contribution in [0.2, 0.25) is 0 Å². The van der Waals surface area contributed by atoms with Crippen LogP contribution in [0.1, 0.15) is 38.2 Å². The quantitative estimate of drug-likeness (QED) is 0.733. The highest BCUT2D eigenvalue weighted by molar-refractivity contribution is 5.71. The van der Waals surface area contributed by atoms with Crippen molar-refractivity contribution in [3.8, 4) is 0 Å². The van der Waals surface area contributed by atoms with Gasteiger partial charge >= 0.3 is 11.9 Å². The molecule has 0 spiro atoms. The highest BCUT2D eigenvalue weighted by Crippen LogP contribution is 2.21. The van der Waals surface area contributed by atoms with E-state index in [2.05, 4.69) is 0 Å². The highest BCUT2D eigenvalue weighted by atomic mass is 19.1. The molecule has 0 radical (unpaired) electrons. The maximum atomic E-state index is 13.1. The largest absolute Gasteiger partial charge is 0.481 e. The topological polar surface area (TPSA) is 74.6 Å². The third-order valence-electron chi connectivity index (χ3n) is 3.57. The molecule has 0 unspecified atom stereocenters. The number of halogens is 1. The summed E-state index contributed by atoms with van der Waals surface area (Å²) in [6.07, 6.45) is 2.12. The molecular weight excluding hydrogens is 275 g/mol. The average Bonchev–Trinajstić information content (AvgIpc) is 2.41. The fraction of sp³-hybridized carbons (Fsp3) is 0.500. The zero-order valence-electron chi connectivity index (χ0n) is 12.1. The lowest BCUT2D eigenvalue weighted by atomic mass is 9.89. The van der Waals surface area contributed by atoms with Gasteiger partial charge in [0.2, 0.25) is 0 Å². The van der Waals surface area contributed by atoms with Gasteiger partial charge in [-0.05, 0) is 43.4 Å². The fourth-order valence-electron chi connectivity index (χ4n) is 2.40. The number of carboxylic acid groups (broad SMARTS) is 2. The molecule has 2 atom stereocenters. The maximum absolute atomic E-state index is 13.1. The predicted molar refractivity (Wildman–Crippen MR) is 76.5 cm³/mol. The third-order valence-corrected chi connectivity index (χ3v) is 3.57. The second-order valence-electron chi connectivity index (χ2n) is 5.27. The number of hydrogen-bond donors (Lipinski definition) is 2. The van der Waals surface area contributed by atoms with Gasteiger partial charge in [-0.1, -0.05) is 25.5 Å². The fourth-order valence-corrected chi connectivity index (χ4v) is 2.40. The minimum atomic E-state index is -0.972. The van der Waals surface area contributed by atoms with Crippen molar-refractivity contribution >= 4 is 11.9 Å². The van der Waals surface area contributed by atoms with Gasteiger partial charge in [0.1, 0.15) is 5.82 Å². The van der Waals surface area contributed by atoms with E-state index in [1.54, 1.807) is 12.1 Å². The summed E-state index contributed by atoms with van der Waals surface area (Å²) in [5, 5.41) is 18.3. The summed E-state index contributed by atoms with van der Waals surface area (Å²) in [5.41, 5.74) is 0.616. The number of hydrogen-bond acceptors (Lipinski definition) is 2. The molecule has 0 aliphatic carbocycles. The monoisotopic (exact) mass is 296 g/mol. The minimum absolute atomic E-state index is 0.214. The van der Waals surface area contributed by atoms with Crippen molar-refractivity contribution in [1.82, 2.24) is 0 Å². The zero-order valence-corrected chi connectivity index (χ0v) is 12.1. The van der Waals surface area contributed by atoms with Crippen LogP contribution in [0.25, 0.3) is 0 Å².